The van der Waals surface area contributed by atoms with Gasteiger partial charge < -0.3 is 24.4 Å². The number of ether oxygens (including phenoxy) is 2. The molecule has 0 bridgehead atoms. The molecule has 1 saturated heterocycles. The van der Waals surface area contributed by atoms with Crippen molar-refractivity contribution >= 4 is 17.4 Å². The molecule has 7 heteroatoms. The van der Waals surface area contributed by atoms with Gasteiger partial charge in [0.05, 0.1) is 11.6 Å². The van der Waals surface area contributed by atoms with Crippen LogP contribution in [0.5, 0.6) is 11.5 Å². The van der Waals surface area contributed by atoms with Gasteiger partial charge in [-0.2, -0.15) is 0 Å². The maximum atomic E-state index is 13.3. The average molecular weight is 477 g/mol. The summed E-state index contributed by atoms with van der Waals surface area (Å²) >= 11 is 0. The Kier molecular flexibility index (Phi) is 7.26. The number of aliphatic hydroxyl groups is 1. The summed E-state index contributed by atoms with van der Waals surface area (Å²) in [7, 11) is 3.93. The number of hydrogen-bond donors (Lipinski definition) is 1. The van der Waals surface area contributed by atoms with E-state index in [2.05, 4.69) is 6.58 Å². The largest absolute Gasteiger partial charge is 0.507 e. The lowest BCUT2D eigenvalue weighted by Crippen LogP contribution is -2.32. The molecule has 0 radical (unpaired) electrons. The van der Waals surface area contributed by atoms with E-state index in [0.29, 0.717) is 36.4 Å². The average Bonchev–Trinajstić information content (AvgIpc) is 3.33. The van der Waals surface area contributed by atoms with Gasteiger partial charge in [0, 0.05) is 18.5 Å². The Morgan fingerprint density at radius 2 is 2.06 bits per heavy atom. The standard InChI is InChI=1S/C28H32N2O5/c1-5-14-34-22-9-6-8-19(17-22)25-24(27(32)28(33)30(25)13-7-12-29(3)4)26(31)20-10-11-23-21(16-20)15-18(2)35-23/h5-6,8-11,16-18,25,31H,1,7,12-15H2,2-4H3/b26-24-. The zero-order valence-electron chi connectivity index (χ0n) is 20.5. The van der Waals surface area contributed by atoms with Gasteiger partial charge in [-0.3, -0.25) is 9.59 Å². The highest BCUT2D eigenvalue weighted by Gasteiger charge is 2.46. The van der Waals surface area contributed by atoms with Crippen LogP contribution >= 0.6 is 0 Å². The normalized spacial score (nSPS) is 20.7. The third-order valence-corrected chi connectivity index (χ3v) is 6.26. The monoisotopic (exact) mass is 476 g/mol. The molecule has 0 spiro atoms. The highest BCUT2D eigenvalue weighted by molar-refractivity contribution is 6.46. The molecule has 1 N–H and O–H groups in total. The van der Waals surface area contributed by atoms with Crippen molar-refractivity contribution in [3.63, 3.8) is 0 Å². The van der Waals surface area contributed by atoms with E-state index < -0.39 is 17.7 Å². The molecule has 0 saturated carbocycles. The van der Waals surface area contributed by atoms with Crippen LogP contribution in [0.3, 0.4) is 0 Å². The maximum Gasteiger partial charge on any atom is 0.295 e. The Bertz CT molecular complexity index is 1170. The Morgan fingerprint density at radius 1 is 1.26 bits per heavy atom. The molecule has 2 aromatic carbocycles. The number of rotatable bonds is 9. The molecular weight excluding hydrogens is 444 g/mol. The lowest BCUT2D eigenvalue weighted by atomic mass is 9.94. The maximum absolute atomic E-state index is 13.3. The predicted octanol–water partition coefficient (Wildman–Crippen LogP) is 3.95. The summed E-state index contributed by atoms with van der Waals surface area (Å²) in [4.78, 5) is 30.0. The second kappa shape index (κ2) is 10.4. The summed E-state index contributed by atoms with van der Waals surface area (Å²) < 4.78 is 11.5. The minimum absolute atomic E-state index is 0.0583. The highest BCUT2D eigenvalue weighted by atomic mass is 16.5. The van der Waals surface area contributed by atoms with E-state index in [0.717, 1.165) is 24.3 Å². The highest BCUT2D eigenvalue weighted by Crippen LogP contribution is 2.41. The molecule has 184 valence electrons. The number of likely N-dealkylation sites (tertiary alicyclic amines) is 1. The van der Waals surface area contributed by atoms with Gasteiger partial charge in [-0.05, 0) is 75.4 Å². The predicted molar refractivity (Wildman–Crippen MR) is 135 cm³/mol. The van der Waals surface area contributed by atoms with Crippen molar-refractivity contribution in [3.8, 4) is 11.5 Å². The molecule has 1 amide bonds. The van der Waals surface area contributed by atoms with Crippen LogP contribution in [0.25, 0.3) is 5.76 Å². The Morgan fingerprint density at radius 3 is 2.80 bits per heavy atom. The van der Waals surface area contributed by atoms with E-state index in [9.17, 15) is 14.7 Å². The molecule has 2 heterocycles. The van der Waals surface area contributed by atoms with Gasteiger partial charge in [-0.15, -0.1) is 0 Å². The quantitative estimate of drug-likeness (QED) is 0.256. The molecule has 2 aliphatic heterocycles. The summed E-state index contributed by atoms with van der Waals surface area (Å²) in [5, 5.41) is 11.4. The van der Waals surface area contributed by atoms with Gasteiger partial charge in [-0.25, -0.2) is 0 Å². The molecule has 2 atom stereocenters. The van der Waals surface area contributed by atoms with Crippen LogP contribution < -0.4 is 9.47 Å². The van der Waals surface area contributed by atoms with Crippen LogP contribution in [0.2, 0.25) is 0 Å². The molecule has 35 heavy (non-hydrogen) atoms. The number of amides is 1. The Labute approximate surface area is 206 Å². The minimum atomic E-state index is -0.715. The molecule has 0 aromatic heterocycles. The summed E-state index contributed by atoms with van der Waals surface area (Å²) in [5.74, 6) is -0.0827. The van der Waals surface area contributed by atoms with Crippen molar-refractivity contribution in [1.82, 2.24) is 9.80 Å². The van der Waals surface area contributed by atoms with Gasteiger partial charge in [0.1, 0.15) is 30.0 Å². The zero-order chi connectivity index (χ0) is 25.1. The van der Waals surface area contributed by atoms with Crippen LogP contribution in [0.15, 0.2) is 60.7 Å². The first-order valence-electron chi connectivity index (χ1n) is 11.9. The van der Waals surface area contributed by atoms with E-state index in [1.54, 1.807) is 23.1 Å². The number of Topliss-reactive ketones (excluding diaryl/α,β-unsaturated/α-hetero) is 1. The minimum Gasteiger partial charge on any atom is -0.507 e. The first-order valence-corrected chi connectivity index (χ1v) is 11.9. The molecule has 1 fully saturated rings. The van der Waals surface area contributed by atoms with Crippen LogP contribution in [0.1, 0.15) is 36.1 Å². The van der Waals surface area contributed by atoms with E-state index in [1.807, 2.05) is 56.3 Å². The van der Waals surface area contributed by atoms with Crippen molar-refractivity contribution in [1.29, 1.82) is 0 Å². The number of hydrogen-bond acceptors (Lipinski definition) is 6. The van der Waals surface area contributed by atoms with Gasteiger partial charge in [-0.1, -0.05) is 24.8 Å². The van der Waals surface area contributed by atoms with Crippen LogP contribution in [-0.4, -0.2) is 66.5 Å². The van der Waals surface area contributed by atoms with Gasteiger partial charge in [0.25, 0.3) is 11.7 Å². The van der Waals surface area contributed by atoms with Gasteiger partial charge >= 0.3 is 0 Å². The first-order chi connectivity index (χ1) is 16.8. The molecule has 2 unspecified atom stereocenters. The second-order valence-corrected chi connectivity index (χ2v) is 9.28. The van der Waals surface area contributed by atoms with Gasteiger partial charge in [0.15, 0.2) is 0 Å². The number of benzene rings is 2. The third kappa shape index (κ3) is 5.10. The summed E-state index contributed by atoms with van der Waals surface area (Å²) in [6.45, 7) is 7.15. The Hall–Kier alpha value is -3.58. The van der Waals surface area contributed by atoms with E-state index >= 15 is 0 Å². The fourth-order valence-corrected chi connectivity index (χ4v) is 4.67. The van der Waals surface area contributed by atoms with E-state index in [1.165, 1.54) is 0 Å². The number of ketones is 1. The molecule has 2 aliphatic rings. The lowest BCUT2D eigenvalue weighted by Gasteiger charge is -2.26. The van der Waals surface area contributed by atoms with Crippen LogP contribution in [-0.2, 0) is 16.0 Å². The van der Waals surface area contributed by atoms with Gasteiger partial charge in [0.2, 0.25) is 0 Å². The number of aliphatic hydroxyl groups excluding tert-OH is 1. The number of carbonyl (C=O) groups excluding carboxylic acids is 2. The zero-order valence-corrected chi connectivity index (χ0v) is 20.5. The second-order valence-electron chi connectivity index (χ2n) is 9.28. The van der Waals surface area contributed by atoms with E-state index in [4.69, 9.17) is 9.47 Å². The molecule has 0 aliphatic carbocycles. The van der Waals surface area contributed by atoms with Crippen molar-refractivity contribution in [2.45, 2.75) is 31.9 Å². The SMILES string of the molecule is C=CCOc1cccc(C2/C(=C(/O)c3ccc4c(c3)CC(C)O4)C(=O)C(=O)N2CCCN(C)C)c1. The fraction of sp³-hybridized carbons (Fsp3) is 0.357. The third-order valence-electron chi connectivity index (χ3n) is 6.26. The van der Waals surface area contributed by atoms with Crippen LogP contribution in [0, 0.1) is 0 Å². The smallest absolute Gasteiger partial charge is 0.295 e. The lowest BCUT2D eigenvalue weighted by molar-refractivity contribution is -0.139. The molecule has 2 aromatic rings. The number of fused-ring (bicyclic) bond motifs is 1. The summed E-state index contributed by atoms with van der Waals surface area (Å²) in [6, 6.07) is 12.0. The number of nitrogens with zero attached hydrogens (tertiary/aromatic N) is 2. The molecule has 4 rings (SSSR count). The first kappa shape index (κ1) is 24.5. The van der Waals surface area contributed by atoms with Crippen molar-refractivity contribution in [3.05, 3.63) is 77.4 Å². The Balaban J connectivity index is 1.78. The summed E-state index contributed by atoms with van der Waals surface area (Å²) in [5.41, 5.74) is 2.26. The molecular formula is C28H32N2O5. The van der Waals surface area contributed by atoms with Crippen molar-refractivity contribution in [2.24, 2.45) is 0 Å². The van der Waals surface area contributed by atoms with Crippen LogP contribution in [0.4, 0.5) is 0 Å². The molecule has 7 nitrogen and oxygen atoms in total. The topological polar surface area (TPSA) is 79.3 Å². The van der Waals surface area contributed by atoms with E-state index in [-0.39, 0.29) is 17.4 Å². The fourth-order valence-electron chi connectivity index (χ4n) is 4.67. The summed E-state index contributed by atoms with van der Waals surface area (Å²) in [6.07, 6.45) is 3.12. The van der Waals surface area contributed by atoms with Crippen molar-refractivity contribution < 1.29 is 24.2 Å². The van der Waals surface area contributed by atoms with Crippen molar-refractivity contribution in [2.75, 3.05) is 33.8 Å². The number of carbonyl (C=O) groups is 2.